The Bertz CT molecular complexity index is 1140. The summed E-state index contributed by atoms with van der Waals surface area (Å²) >= 11 is 0. The molecule has 0 bridgehead atoms. The minimum Gasteiger partial charge on any atom is -0.502 e. The number of rotatable bonds is 6. The van der Waals surface area contributed by atoms with Crippen molar-refractivity contribution < 1.29 is 32.7 Å². The van der Waals surface area contributed by atoms with Gasteiger partial charge in [-0.3, -0.25) is 15.0 Å². The summed E-state index contributed by atoms with van der Waals surface area (Å²) in [5.41, 5.74) is -2.02. The van der Waals surface area contributed by atoms with E-state index in [1.54, 1.807) is 11.8 Å². The van der Waals surface area contributed by atoms with Crippen LogP contribution in [0.3, 0.4) is 0 Å². The van der Waals surface area contributed by atoms with Crippen molar-refractivity contribution in [3.05, 3.63) is 74.3 Å². The molecule has 2 atom stereocenters. The van der Waals surface area contributed by atoms with E-state index in [0.717, 1.165) is 31.4 Å². The Hall–Kier alpha value is -3.40. The highest BCUT2D eigenvalue weighted by molar-refractivity contribution is 5.86. The van der Waals surface area contributed by atoms with Gasteiger partial charge in [0.1, 0.15) is 17.3 Å². The van der Waals surface area contributed by atoms with Crippen LogP contribution in [0.25, 0.3) is 6.08 Å². The van der Waals surface area contributed by atoms with Crippen LogP contribution < -0.4 is 0 Å². The number of ether oxygens (including phenoxy) is 1. The second kappa shape index (κ2) is 9.46. The van der Waals surface area contributed by atoms with Crippen LogP contribution in [0.1, 0.15) is 49.1 Å². The maximum Gasteiger partial charge on any atom is 0.330 e. The number of nitro groups is 1. The molecule has 0 amide bonds. The number of hydrogen-bond donors (Lipinski definition) is 1. The molecule has 1 N–H and O–H groups in total. The lowest BCUT2D eigenvalue weighted by Crippen LogP contribution is -2.48. The third-order valence-corrected chi connectivity index (χ3v) is 5.69. The first-order valence-corrected chi connectivity index (χ1v) is 10.5. The number of fused-ring (bicyclic) bond motifs is 1. The summed E-state index contributed by atoms with van der Waals surface area (Å²) in [6.07, 6.45) is 2.48. The van der Waals surface area contributed by atoms with Gasteiger partial charge in [0.15, 0.2) is 5.75 Å². The second-order valence-corrected chi connectivity index (χ2v) is 8.90. The molecule has 0 radical (unpaired) electrons. The fourth-order valence-electron chi connectivity index (χ4n) is 4.28. The zero-order valence-electron chi connectivity index (χ0n) is 19.1. The van der Waals surface area contributed by atoms with Crippen molar-refractivity contribution in [2.24, 2.45) is 0 Å². The van der Waals surface area contributed by atoms with Crippen molar-refractivity contribution in [3.63, 3.8) is 0 Å². The number of aromatic hydroxyl groups is 1. The van der Waals surface area contributed by atoms with Gasteiger partial charge >= 0.3 is 11.7 Å². The van der Waals surface area contributed by atoms with Gasteiger partial charge in [0.2, 0.25) is 0 Å². The third-order valence-electron chi connectivity index (χ3n) is 5.69. The first-order valence-electron chi connectivity index (χ1n) is 10.5. The molecule has 1 aliphatic rings. The van der Waals surface area contributed by atoms with Gasteiger partial charge in [0, 0.05) is 30.3 Å². The molecule has 1 heterocycles. The van der Waals surface area contributed by atoms with E-state index in [1.807, 2.05) is 0 Å². The quantitative estimate of drug-likeness (QED) is 0.276. The molecule has 0 unspecified atom stereocenters. The van der Waals surface area contributed by atoms with Crippen LogP contribution in [0, 0.1) is 21.7 Å². The molecule has 1 aliphatic heterocycles. The highest BCUT2D eigenvalue weighted by Gasteiger charge is 2.40. The molecule has 0 fully saturated rings. The lowest BCUT2D eigenvalue weighted by atomic mass is 9.83. The van der Waals surface area contributed by atoms with E-state index in [4.69, 9.17) is 0 Å². The Balaban J connectivity index is 2.23. The molecule has 0 saturated heterocycles. The lowest BCUT2D eigenvalue weighted by molar-refractivity contribution is -0.386. The van der Waals surface area contributed by atoms with Crippen molar-refractivity contribution in [2.45, 2.75) is 44.9 Å². The summed E-state index contributed by atoms with van der Waals surface area (Å²) in [6, 6.07) is 2.76. The average Bonchev–Trinajstić information content (AvgIpc) is 2.72. The maximum absolute atomic E-state index is 15.4. The number of nitrogens with zero attached hydrogens (tertiary/aromatic N) is 2. The predicted molar refractivity (Wildman–Crippen MR) is 119 cm³/mol. The largest absolute Gasteiger partial charge is 0.502 e. The fraction of sp³-hybridized carbons (Fsp3) is 0.375. The Kier molecular flexibility index (Phi) is 7.02. The molecule has 0 spiro atoms. The summed E-state index contributed by atoms with van der Waals surface area (Å²) in [5, 5.41) is 21.5. The smallest absolute Gasteiger partial charge is 0.330 e. The number of carbonyl (C=O) groups is 1. The van der Waals surface area contributed by atoms with Gasteiger partial charge in [-0.2, -0.15) is 0 Å². The van der Waals surface area contributed by atoms with Crippen LogP contribution in [0.2, 0.25) is 0 Å². The Morgan fingerprint density at radius 3 is 2.44 bits per heavy atom. The molecule has 182 valence electrons. The van der Waals surface area contributed by atoms with Gasteiger partial charge < -0.3 is 9.84 Å². The van der Waals surface area contributed by atoms with Crippen molar-refractivity contribution >= 4 is 17.7 Å². The highest BCUT2D eigenvalue weighted by Crippen LogP contribution is 2.44. The molecule has 2 aromatic carbocycles. The van der Waals surface area contributed by atoms with Crippen LogP contribution in [-0.2, 0) is 16.0 Å². The first kappa shape index (κ1) is 25.2. The summed E-state index contributed by atoms with van der Waals surface area (Å²) in [4.78, 5) is 23.5. The molecule has 2 aromatic rings. The van der Waals surface area contributed by atoms with E-state index in [0.29, 0.717) is 5.56 Å². The first-order chi connectivity index (χ1) is 15.8. The monoisotopic (exact) mass is 478 g/mol. The molecule has 0 saturated carbocycles. The zero-order valence-corrected chi connectivity index (χ0v) is 19.1. The normalized spacial score (nSPS) is 18.7. The van der Waals surface area contributed by atoms with Gasteiger partial charge in [-0.1, -0.05) is 0 Å². The summed E-state index contributed by atoms with van der Waals surface area (Å²) in [5.74, 6) is -3.19. The van der Waals surface area contributed by atoms with E-state index in [9.17, 15) is 24.4 Å². The fourth-order valence-corrected chi connectivity index (χ4v) is 4.28. The van der Waals surface area contributed by atoms with Gasteiger partial charge in [-0.15, -0.1) is 0 Å². The Morgan fingerprint density at radius 1 is 1.29 bits per heavy atom. The molecule has 34 heavy (non-hydrogen) atoms. The minimum atomic E-state index is -1.73. The molecule has 10 heteroatoms. The summed E-state index contributed by atoms with van der Waals surface area (Å²) in [7, 11) is 1.16. The van der Waals surface area contributed by atoms with Crippen LogP contribution in [-0.4, -0.2) is 46.3 Å². The van der Waals surface area contributed by atoms with E-state index < -0.39 is 57.3 Å². The number of methoxy groups -OCH3 is 1. The summed E-state index contributed by atoms with van der Waals surface area (Å²) < 4.78 is 49.9. The van der Waals surface area contributed by atoms with Crippen LogP contribution in [0.15, 0.2) is 30.3 Å². The number of hydrogen-bond acceptors (Lipinski definition) is 6. The molecule has 0 aliphatic carbocycles. The zero-order chi connectivity index (χ0) is 25.4. The number of phenols is 1. The second-order valence-electron chi connectivity index (χ2n) is 8.90. The highest BCUT2D eigenvalue weighted by atomic mass is 19.1. The number of phenolic OH excluding ortho intramolecular Hbond substituents is 1. The van der Waals surface area contributed by atoms with Crippen molar-refractivity contribution in [2.75, 3.05) is 13.7 Å². The summed E-state index contributed by atoms with van der Waals surface area (Å²) in [6.45, 7) is 4.22. The van der Waals surface area contributed by atoms with E-state index >= 15 is 8.78 Å². The maximum atomic E-state index is 15.4. The number of alkyl halides is 1. The van der Waals surface area contributed by atoms with Gasteiger partial charge in [0.25, 0.3) is 0 Å². The van der Waals surface area contributed by atoms with Crippen LogP contribution >= 0.6 is 0 Å². The number of nitro benzene ring substituents is 1. The van der Waals surface area contributed by atoms with Gasteiger partial charge in [0.05, 0.1) is 18.1 Å². The molecule has 7 nitrogen and oxygen atoms in total. The average molecular weight is 478 g/mol. The van der Waals surface area contributed by atoms with Gasteiger partial charge in [-0.05, 0) is 68.2 Å². The van der Waals surface area contributed by atoms with E-state index in [2.05, 4.69) is 4.74 Å². The van der Waals surface area contributed by atoms with E-state index in [-0.39, 0.29) is 24.1 Å². The minimum absolute atomic E-state index is 0.0577. The van der Waals surface area contributed by atoms with Gasteiger partial charge in [-0.25, -0.2) is 18.0 Å². The third kappa shape index (κ3) is 5.22. The van der Waals surface area contributed by atoms with Crippen LogP contribution in [0.4, 0.5) is 18.9 Å². The SMILES string of the molecule is COC(=O)/C=C/c1cc(F)c([C@H]2c3cc([N+](=O)[O-])c(O)cc3C[C@H](C)N2CC(C)(C)F)c(F)c1. The lowest BCUT2D eigenvalue weighted by Gasteiger charge is -2.44. The predicted octanol–water partition coefficient (Wildman–Crippen LogP) is 4.85. The number of esters is 1. The number of carbonyl (C=O) groups excluding carboxylic acids is 1. The van der Waals surface area contributed by atoms with Crippen LogP contribution in [0.5, 0.6) is 5.75 Å². The molecular formula is C24H25F3N2O5. The Morgan fingerprint density at radius 2 is 1.91 bits per heavy atom. The Labute approximate surface area is 194 Å². The van der Waals surface area contributed by atoms with Crippen molar-refractivity contribution in [3.8, 4) is 5.75 Å². The number of halogens is 3. The van der Waals surface area contributed by atoms with Crippen molar-refractivity contribution in [1.29, 1.82) is 0 Å². The topological polar surface area (TPSA) is 92.9 Å². The van der Waals surface area contributed by atoms with E-state index in [1.165, 1.54) is 26.0 Å². The molecule has 0 aromatic heterocycles. The number of benzene rings is 2. The standard InChI is InChI=1S/C24H25F3N2O5/c1-13-7-15-10-20(30)19(29(32)33)11-16(15)23(28(13)12-24(2,3)27)22-17(25)8-14(9-18(22)26)5-6-21(31)34-4/h5-6,8-11,13,23,30H,7,12H2,1-4H3/b6-5+/t13-,23+/m0/s1. The molecule has 3 rings (SSSR count). The molecular weight excluding hydrogens is 453 g/mol. The van der Waals surface area contributed by atoms with Crippen molar-refractivity contribution in [1.82, 2.24) is 4.90 Å².